The molecule has 0 rings (SSSR count). The lowest BCUT2D eigenvalue weighted by Gasteiger charge is -2.14. The third-order valence-electron chi connectivity index (χ3n) is 1.74. The van der Waals surface area contributed by atoms with E-state index in [1.165, 1.54) is 13.8 Å². The summed E-state index contributed by atoms with van der Waals surface area (Å²) in [6.07, 6.45) is 1.87. The molecule has 4 heteroatoms. The Kier molecular flexibility index (Phi) is 6.80. The Morgan fingerprint density at radius 3 is 1.79 bits per heavy atom. The van der Waals surface area contributed by atoms with Crippen LogP contribution < -0.4 is 0 Å². The van der Waals surface area contributed by atoms with Crippen molar-refractivity contribution in [2.45, 2.75) is 33.6 Å². The van der Waals surface area contributed by atoms with Gasteiger partial charge in [0.2, 0.25) is 0 Å². The molecule has 0 heterocycles. The molecule has 0 unspecified atom stereocenters. The van der Waals surface area contributed by atoms with Crippen molar-refractivity contribution in [1.29, 1.82) is 0 Å². The standard InChI is InChI=1S/C10H18O4/c1-4-5-10(6-13-8(2)11)7-14-9(3)12/h10H,4-7H2,1-3H3. The number of esters is 2. The largest absolute Gasteiger partial charge is 0.465 e. The van der Waals surface area contributed by atoms with Gasteiger partial charge >= 0.3 is 11.9 Å². The molecule has 0 aromatic rings. The lowest BCUT2D eigenvalue weighted by molar-refractivity contribution is -0.146. The van der Waals surface area contributed by atoms with Crippen LogP contribution in [0.2, 0.25) is 0 Å². The fourth-order valence-corrected chi connectivity index (χ4v) is 1.09. The van der Waals surface area contributed by atoms with Gasteiger partial charge in [-0.3, -0.25) is 9.59 Å². The molecule has 4 nitrogen and oxygen atoms in total. The topological polar surface area (TPSA) is 52.6 Å². The van der Waals surface area contributed by atoms with Gasteiger partial charge in [-0.15, -0.1) is 0 Å². The molecule has 0 amide bonds. The predicted octanol–water partition coefficient (Wildman–Crippen LogP) is 1.53. The molecule has 0 aliphatic rings. The smallest absolute Gasteiger partial charge is 0.302 e. The number of hydrogen-bond donors (Lipinski definition) is 0. The zero-order valence-electron chi connectivity index (χ0n) is 9.04. The summed E-state index contributed by atoms with van der Waals surface area (Å²) in [6.45, 7) is 5.44. The van der Waals surface area contributed by atoms with E-state index in [1.54, 1.807) is 0 Å². The fourth-order valence-electron chi connectivity index (χ4n) is 1.09. The minimum absolute atomic E-state index is 0.118. The lowest BCUT2D eigenvalue weighted by Crippen LogP contribution is -2.19. The molecule has 0 radical (unpaired) electrons. The van der Waals surface area contributed by atoms with Crippen LogP contribution in [0.25, 0.3) is 0 Å². The van der Waals surface area contributed by atoms with E-state index in [0.717, 1.165) is 12.8 Å². The maximum atomic E-state index is 10.6. The van der Waals surface area contributed by atoms with E-state index in [1.807, 2.05) is 6.92 Å². The van der Waals surface area contributed by atoms with Crippen LogP contribution >= 0.6 is 0 Å². The van der Waals surface area contributed by atoms with Gasteiger partial charge in [0.15, 0.2) is 0 Å². The van der Waals surface area contributed by atoms with Crippen LogP contribution in [0, 0.1) is 5.92 Å². The summed E-state index contributed by atoms with van der Waals surface area (Å²) in [6, 6.07) is 0. The second kappa shape index (κ2) is 7.35. The SMILES string of the molecule is CCCC(COC(C)=O)COC(C)=O. The third kappa shape index (κ3) is 7.58. The Balaban J connectivity index is 3.76. The Hall–Kier alpha value is -1.06. The van der Waals surface area contributed by atoms with Crippen LogP contribution in [-0.4, -0.2) is 25.2 Å². The predicted molar refractivity (Wildman–Crippen MR) is 51.7 cm³/mol. The van der Waals surface area contributed by atoms with E-state index in [2.05, 4.69) is 0 Å². The Bertz CT molecular complexity index is 171. The first-order chi connectivity index (χ1) is 6.56. The van der Waals surface area contributed by atoms with Crippen LogP contribution in [0.3, 0.4) is 0 Å². The quantitative estimate of drug-likeness (QED) is 0.613. The molecular weight excluding hydrogens is 184 g/mol. The van der Waals surface area contributed by atoms with Crippen LogP contribution in [-0.2, 0) is 19.1 Å². The highest BCUT2D eigenvalue weighted by atomic mass is 16.5. The highest BCUT2D eigenvalue weighted by molar-refractivity contribution is 5.66. The molecule has 0 aromatic heterocycles. The van der Waals surface area contributed by atoms with E-state index < -0.39 is 0 Å². The van der Waals surface area contributed by atoms with Gasteiger partial charge in [-0.25, -0.2) is 0 Å². The molecule has 0 saturated carbocycles. The molecule has 0 fully saturated rings. The summed E-state index contributed by atoms with van der Waals surface area (Å²) < 4.78 is 9.72. The first-order valence-electron chi connectivity index (χ1n) is 4.83. The van der Waals surface area contributed by atoms with E-state index >= 15 is 0 Å². The van der Waals surface area contributed by atoms with Crippen molar-refractivity contribution < 1.29 is 19.1 Å². The summed E-state index contributed by atoms with van der Waals surface area (Å²) in [4.78, 5) is 21.1. The van der Waals surface area contributed by atoms with Gasteiger partial charge in [0.1, 0.15) is 0 Å². The average molecular weight is 202 g/mol. The maximum Gasteiger partial charge on any atom is 0.302 e. The fraction of sp³-hybridized carbons (Fsp3) is 0.800. The molecule has 0 saturated heterocycles. The van der Waals surface area contributed by atoms with E-state index in [0.29, 0.717) is 13.2 Å². The molecule has 0 N–H and O–H groups in total. The zero-order valence-corrected chi connectivity index (χ0v) is 9.04. The second-order valence-electron chi connectivity index (χ2n) is 3.26. The molecule has 0 aromatic carbocycles. The Morgan fingerprint density at radius 1 is 1.07 bits per heavy atom. The van der Waals surface area contributed by atoms with Gasteiger partial charge < -0.3 is 9.47 Å². The van der Waals surface area contributed by atoms with Gasteiger partial charge in [-0.1, -0.05) is 13.3 Å². The monoisotopic (exact) mass is 202 g/mol. The van der Waals surface area contributed by atoms with Crippen molar-refractivity contribution in [2.24, 2.45) is 5.92 Å². The lowest BCUT2D eigenvalue weighted by atomic mass is 10.1. The normalized spacial score (nSPS) is 10.0. The van der Waals surface area contributed by atoms with Crippen molar-refractivity contribution in [3.8, 4) is 0 Å². The third-order valence-corrected chi connectivity index (χ3v) is 1.74. The number of hydrogen-bond acceptors (Lipinski definition) is 4. The molecule has 0 aliphatic carbocycles. The van der Waals surface area contributed by atoms with Gasteiger partial charge in [0.25, 0.3) is 0 Å². The van der Waals surface area contributed by atoms with Crippen molar-refractivity contribution in [3.63, 3.8) is 0 Å². The van der Waals surface area contributed by atoms with Gasteiger partial charge in [0.05, 0.1) is 13.2 Å². The molecule has 0 bridgehead atoms. The number of carbonyl (C=O) groups is 2. The summed E-state index contributed by atoms with van der Waals surface area (Å²) in [5.74, 6) is -0.476. The summed E-state index contributed by atoms with van der Waals surface area (Å²) in [5.41, 5.74) is 0. The highest BCUT2D eigenvalue weighted by Crippen LogP contribution is 2.07. The molecule has 0 atom stereocenters. The van der Waals surface area contributed by atoms with Gasteiger partial charge in [0, 0.05) is 19.8 Å². The minimum Gasteiger partial charge on any atom is -0.465 e. The van der Waals surface area contributed by atoms with Crippen molar-refractivity contribution in [1.82, 2.24) is 0 Å². The van der Waals surface area contributed by atoms with E-state index in [4.69, 9.17) is 9.47 Å². The molecule has 0 spiro atoms. The van der Waals surface area contributed by atoms with Crippen molar-refractivity contribution in [3.05, 3.63) is 0 Å². The minimum atomic E-state index is -0.297. The number of ether oxygens (including phenoxy) is 2. The molecule has 0 aliphatic heterocycles. The van der Waals surface area contributed by atoms with Crippen LogP contribution in [0.4, 0.5) is 0 Å². The van der Waals surface area contributed by atoms with Gasteiger partial charge in [-0.05, 0) is 6.42 Å². The van der Waals surface area contributed by atoms with Crippen molar-refractivity contribution >= 4 is 11.9 Å². The Morgan fingerprint density at radius 2 is 1.50 bits per heavy atom. The molecule has 82 valence electrons. The summed E-state index contributed by atoms with van der Waals surface area (Å²) in [5, 5.41) is 0. The zero-order chi connectivity index (χ0) is 11.0. The number of rotatable bonds is 6. The highest BCUT2D eigenvalue weighted by Gasteiger charge is 2.11. The van der Waals surface area contributed by atoms with Crippen LogP contribution in [0.1, 0.15) is 33.6 Å². The molecule has 14 heavy (non-hydrogen) atoms. The first-order valence-corrected chi connectivity index (χ1v) is 4.83. The maximum absolute atomic E-state index is 10.6. The van der Waals surface area contributed by atoms with Crippen LogP contribution in [0.15, 0.2) is 0 Å². The average Bonchev–Trinajstić information content (AvgIpc) is 2.09. The number of carbonyl (C=O) groups excluding carboxylic acids is 2. The first kappa shape index (κ1) is 12.9. The van der Waals surface area contributed by atoms with Crippen molar-refractivity contribution in [2.75, 3.05) is 13.2 Å². The Labute approximate surface area is 84.6 Å². The molecular formula is C10H18O4. The van der Waals surface area contributed by atoms with Crippen LogP contribution in [0.5, 0.6) is 0 Å². The summed E-state index contributed by atoms with van der Waals surface area (Å²) >= 11 is 0. The second-order valence-corrected chi connectivity index (χ2v) is 3.26. The summed E-state index contributed by atoms with van der Waals surface area (Å²) in [7, 11) is 0. The van der Waals surface area contributed by atoms with E-state index in [9.17, 15) is 9.59 Å². The van der Waals surface area contributed by atoms with Gasteiger partial charge in [-0.2, -0.15) is 0 Å². The van der Waals surface area contributed by atoms with E-state index in [-0.39, 0.29) is 17.9 Å².